The van der Waals surface area contributed by atoms with Crippen LogP contribution in [-0.4, -0.2) is 14.4 Å². The smallest absolute Gasteiger partial charge is 0.267 e. The summed E-state index contributed by atoms with van der Waals surface area (Å²) in [6.45, 7) is 0. The largest absolute Gasteiger partial charge is 0.461 e. The van der Waals surface area contributed by atoms with E-state index in [0.29, 0.717) is 28.1 Å². The third-order valence-corrected chi connectivity index (χ3v) is 4.10. The lowest BCUT2D eigenvalue weighted by molar-refractivity contribution is 0.576. The van der Waals surface area contributed by atoms with Crippen LogP contribution in [0, 0.1) is 0 Å². The summed E-state index contributed by atoms with van der Waals surface area (Å²) < 4.78 is 7.02. The summed E-state index contributed by atoms with van der Waals surface area (Å²) >= 11 is 0. The number of rotatable bonds is 1. The van der Waals surface area contributed by atoms with Gasteiger partial charge in [-0.1, -0.05) is 24.3 Å². The van der Waals surface area contributed by atoms with E-state index in [4.69, 9.17) is 9.40 Å². The summed E-state index contributed by atoms with van der Waals surface area (Å²) in [6.07, 6.45) is 1.57. The van der Waals surface area contributed by atoms with Gasteiger partial charge in [0.2, 0.25) is 0 Å². The minimum absolute atomic E-state index is 0.153. The topological polar surface area (TPSA) is 60.4 Å². The maximum Gasteiger partial charge on any atom is 0.267 e. The van der Waals surface area contributed by atoms with Crippen molar-refractivity contribution in [2.75, 3.05) is 0 Å². The van der Waals surface area contributed by atoms with Crippen molar-refractivity contribution < 1.29 is 4.42 Å². The van der Waals surface area contributed by atoms with E-state index < -0.39 is 0 Å². The molecule has 0 amide bonds. The minimum Gasteiger partial charge on any atom is -0.461 e. The zero-order valence-electron chi connectivity index (χ0n) is 12.5. The average Bonchev–Trinajstić information content (AvgIpc) is 3.16. The van der Waals surface area contributed by atoms with E-state index in [1.165, 1.54) is 4.40 Å². The molecule has 0 aliphatic heterocycles. The molecule has 2 aromatic carbocycles. The molecule has 0 spiro atoms. The number of hydrogen-bond acceptors (Lipinski definition) is 4. The van der Waals surface area contributed by atoms with Gasteiger partial charge in [0.15, 0.2) is 17.2 Å². The van der Waals surface area contributed by atoms with E-state index in [2.05, 4.69) is 4.98 Å². The standard InChI is InChI=1S/C19H11N3O2/c23-19-13-7-2-4-9-15(13)20-17-12-6-1-3-8-14(12)21-18(22(17)19)16-10-5-11-24-16/h1-11H. The predicted octanol–water partition coefficient (Wildman–Crippen LogP) is 3.66. The van der Waals surface area contributed by atoms with Gasteiger partial charge in [0, 0.05) is 5.39 Å². The normalized spacial score (nSPS) is 11.5. The SMILES string of the molecule is O=c1c2ccccc2nc2c3ccccc3nc(-c3ccco3)n12. The van der Waals surface area contributed by atoms with Gasteiger partial charge in [-0.15, -0.1) is 0 Å². The van der Waals surface area contributed by atoms with Crippen LogP contribution in [-0.2, 0) is 0 Å². The van der Waals surface area contributed by atoms with Crippen LogP contribution in [0.1, 0.15) is 0 Å². The molecule has 0 unspecified atom stereocenters. The molecule has 5 aromatic rings. The molecule has 0 fully saturated rings. The molecule has 24 heavy (non-hydrogen) atoms. The Morgan fingerprint density at radius 1 is 0.792 bits per heavy atom. The van der Waals surface area contributed by atoms with Crippen molar-refractivity contribution in [1.82, 2.24) is 14.4 Å². The molecular weight excluding hydrogens is 302 g/mol. The molecule has 0 aliphatic rings. The van der Waals surface area contributed by atoms with E-state index in [1.807, 2.05) is 42.5 Å². The van der Waals surface area contributed by atoms with E-state index in [1.54, 1.807) is 24.5 Å². The second kappa shape index (κ2) is 4.76. The molecule has 114 valence electrons. The molecule has 5 heteroatoms. The summed E-state index contributed by atoms with van der Waals surface area (Å²) in [5, 5.41) is 1.38. The Balaban J connectivity index is 2.11. The van der Waals surface area contributed by atoms with Crippen molar-refractivity contribution in [2.45, 2.75) is 0 Å². The highest BCUT2D eigenvalue weighted by molar-refractivity contribution is 5.95. The number of hydrogen-bond donors (Lipinski definition) is 0. The van der Waals surface area contributed by atoms with Gasteiger partial charge in [-0.3, -0.25) is 4.79 Å². The summed E-state index contributed by atoms with van der Waals surface area (Å²) in [6, 6.07) is 18.6. The lowest BCUT2D eigenvalue weighted by Crippen LogP contribution is -2.18. The Kier molecular flexibility index (Phi) is 2.58. The number of para-hydroxylation sites is 2. The first kappa shape index (κ1) is 13.0. The average molecular weight is 313 g/mol. The van der Waals surface area contributed by atoms with Gasteiger partial charge in [0.05, 0.1) is 22.7 Å². The van der Waals surface area contributed by atoms with Crippen LogP contribution in [0.3, 0.4) is 0 Å². The monoisotopic (exact) mass is 313 g/mol. The van der Waals surface area contributed by atoms with Gasteiger partial charge >= 0.3 is 0 Å². The Labute approximate surface area is 135 Å². The third kappa shape index (κ3) is 1.72. The zero-order valence-corrected chi connectivity index (χ0v) is 12.5. The quantitative estimate of drug-likeness (QED) is 0.350. The minimum atomic E-state index is -0.153. The van der Waals surface area contributed by atoms with Crippen LogP contribution in [0.15, 0.2) is 76.1 Å². The fourth-order valence-corrected chi connectivity index (χ4v) is 3.01. The first-order valence-corrected chi connectivity index (χ1v) is 7.57. The summed E-state index contributed by atoms with van der Waals surface area (Å²) in [7, 11) is 0. The molecule has 0 radical (unpaired) electrons. The number of fused-ring (bicyclic) bond motifs is 4. The zero-order chi connectivity index (χ0) is 16.1. The number of furan rings is 1. The first-order chi connectivity index (χ1) is 11.8. The van der Waals surface area contributed by atoms with Crippen molar-refractivity contribution in [2.24, 2.45) is 0 Å². The van der Waals surface area contributed by atoms with E-state index in [-0.39, 0.29) is 5.56 Å². The van der Waals surface area contributed by atoms with Gasteiger partial charge < -0.3 is 4.42 Å². The second-order valence-electron chi connectivity index (χ2n) is 5.52. The van der Waals surface area contributed by atoms with Crippen molar-refractivity contribution in [3.05, 3.63) is 77.3 Å². The van der Waals surface area contributed by atoms with Gasteiger partial charge in [-0.05, 0) is 36.4 Å². The molecule has 0 N–H and O–H groups in total. The van der Waals surface area contributed by atoms with Crippen LogP contribution in [0.5, 0.6) is 0 Å². The van der Waals surface area contributed by atoms with Gasteiger partial charge in [0.1, 0.15) is 0 Å². The molecule has 5 nitrogen and oxygen atoms in total. The summed E-state index contributed by atoms with van der Waals surface area (Å²) in [5.74, 6) is 0.988. The Bertz CT molecular complexity index is 1270. The predicted molar refractivity (Wildman–Crippen MR) is 92.0 cm³/mol. The molecular formula is C19H11N3O2. The second-order valence-corrected chi connectivity index (χ2v) is 5.52. The van der Waals surface area contributed by atoms with Crippen LogP contribution < -0.4 is 5.56 Å². The molecule has 0 saturated carbocycles. The molecule has 3 aromatic heterocycles. The van der Waals surface area contributed by atoms with Gasteiger partial charge in [-0.25, -0.2) is 14.4 Å². The Morgan fingerprint density at radius 3 is 2.25 bits per heavy atom. The Hall–Kier alpha value is -3.47. The molecule has 5 rings (SSSR count). The Morgan fingerprint density at radius 2 is 1.50 bits per heavy atom. The lowest BCUT2D eigenvalue weighted by atomic mass is 10.2. The maximum atomic E-state index is 13.1. The van der Waals surface area contributed by atoms with Crippen molar-refractivity contribution in [1.29, 1.82) is 0 Å². The van der Waals surface area contributed by atoms with E-state index in [9.17, 15) is 4.79 Å². The summed E-state index contributed by atoms with van der Waals surface area (Å²) in [5.41, 5.74) is 1.87. The van der Waals surface area contributed by atoms with Gasteiger partial charge in [-0.2, -0.15) is 0 Å². The molecule has 0 atom stereocenters. The number of benzene rings is 2. The summed E-state index contributed by atoms with van der Waals surface area (Å²) in [4.78, 5) is 22.5. The van der Waals surface area contributed by atoms with Crippen LogP contribution in [0.25, 0.3) is 39.0 Å². The first-order valence-electron chi connectivity index (χ1n) is 7.57. The fraction of sp³-hybridized carbons (Fsp3) is 0. The highest BCUT2D eigenvalue weighted by Crippen LogP contribution is 2.24. The van der Waals surface area contributed by atoms with Crippen molar-refractivity contribution in [3.63, 3.8) is 0 Å². The van der Waals surface area contributed by atoms with Gasteiger partial charge in [0.25, 0.3) is 5.56 Å². The lowest BCUT2D eigenvalue weighted by Gasteiger charge is -2.10. The van der Waals surface area contributed by atoms with E-state index in [0.717, 1.165) is 10.9 Å². The number of aromatic nitrogens is 3. The highest BCUT2D eigenvalue weighted by atomic mass is 16.3. The van der Waals surface area contributed by atoms with Crippen LogP contribution in [0.4, 0.5) is 0 Å². The molecule has 3 heterocycles. The van der Waals surface area contributed by atoms with Crippen LogP contribution in [0.2, 0.25) is 0 Å². The molecule has 0 bridgehead atoms. The fourth-order valence-electron chi connectivity index (χ4n) is 3.01. The maximum absolute atomic E-state index is 13.1. The molecule has 0 saturated heterocycles. The number of nitrogens with zero attached hydrogens (tertiary/aromatic N) is 3. The molecule has 0 aliphatic carbocycles. The van der Waals surface area contributed by atoms with Crippen LogP contribution >= 0.6 is 0 Å². The highest BCUT2D eigenvalue weighted by Gasteiger charge is 2.16. The third-order valence-electron chi connectivity index (χ3n) is 4.10. The van der Waals surface area contributed by atoms with Crippen molar-refractivity contribution >= 4 is 27.5 Å². The van der Waals surface area contributed by atoms with E-state index >= 15 is 0 Å². The van der Waals surface area contributed by atoms with Crippen molar-refractivity contribution in [3.8, 4) is 11.6 Å².